The summed E-state index contributed by atoms with van der Waals surface area (Å²) in [5.41, 5.74) is 0.633. The molecule has 0 spiro atoms. The van der Waals surface area contributed by atoms with E-state index in [1.807, 2.05) is 6.92 Å². The largest absolute Gasteiger partial charge is 0.478 e. The SMILES string of the molecule is CCc1cc(C(=O)O)cc(N(C)CC(F)F)n1. The van der Waals surface area contributed by atoms with Crippen molar-refractivity contribution in [1.82, 2.24) is 4.98 Å². The number of nitrogens with zero attached hydrogens (tertiary/aromatic N) is 2. The molecule has 0 aliphatic carbocycles. The lowest BCUT2D eigenvalue weighted by molar-refractivity contribution is 0.0696. The lowest BCUT2D eigenvalue weighted by Gasteiger charge is -2.18. The maximum Gasteiger partial charge on any atom is 0.335 e. The number of halogens is 2. The van der Waals surface area contributed by atoms with Crippen LogP contribution >= 0.6 is 0 Å². The Balaban J connectivity index is 3.06. The number of anilines is 1. The zero-order chi connectivity index (χ0) is 13.0. The molecule has 0 radical (unpaired) electrons. The van der Waals surface area contributed by atoms with Gasteiger partial charge in [-0.3, -0.25) is 0 Å². The molecule has 0 saturated carbocycles. The molecule has 1 aromatic heterocycles. The Morgan fingerprint density at radius 3 is 2.65 bits per heavy atom. The van der Waals surface area contributed by atoms with Gasteiger partial charge in [-0.05, 0) is 18.6 Å². The molecule has 94 valence electrons. The van der Waals surface area contributed by atoms with Crippen molar-refractivity contribution in [1.29, 1.82) is 0 Å². The first kappa shape index (κ1) is 13.3. The van der Waals surface area contributed by atoms with Crippen LogP contribution in [-0.2, 0) is 6.42 Å². The van der Waals surface area contributed by atoms with Crippen LogP contribution in [0.3, 0.4) is 0 Å². The van der Waals surface area contributed by atoms with E-state index in [-0.39, 0.29) is 11.4 Å². The van der Waals surface area contributed by atoms with Crippen LogP contribution in [0.15, 0.2) is 12.1 Å². The van der Waals surface area contributed by atoms with Gasteiger partial charge in [0.2, 0.25) is 0 Å². The third kappa shape index (κ3) is 3.65. The van der Waals surface area contributed by atoms with Gasteiger partial charge in [-0.25, -0.2) is 18.6 Å². The molecule has 1 aromatic rings. The Labute approximate surface area is 97.9 Å². The van der Waals surface area contributed by atoms with Crippen LogP contribution in [0.25, 0.3) is 0 Å². The second-order valence-electron chi connectivity index (χ2n) is 3.64. The minimum Gasteiger partial charge on any atom is -0.478 e. The highest BCUT2D eigenvalue weighted by molar-refractivity contribution is 5.88. The molecule has 1 heterocycles. The van der Waals surface area contributed by atoms with E-state index in [0.717, 1.165) is 0 Å². The van der Waals surface area contributed by atoms with Crippen LogP contribution in [0.2, 0.25) is 0 Å². The maximum atomic E-state index is 12.2. The predicted molar refractivity (Wildman–Crippen MR) is 59.8 cm³/mol. The zero-order valence-electron chi connectivity index (χ0n) is 9.65. The zero-order valence-corrected chi connectivity index (χ0v) is 9.65. The third-order valence-corrected chi connectivity index (χ3v) is 2.28. The smallest absolute Gasteiger partial charge is 0.335 e. The number of hydrogen-bond donors (Lipinski definition) is 1. The van der Waals surface area contributed by atoms with E-state index >= 15 is 0 Å². The molecule has 0 amide bonds. The summed E-state index contributed by atoms with van der Waals surface area (Å²) in [4.78, 5) is 16.2. The lowest BCUT2D eigenvalue weighted by atomic mass is 10.2. The Hall–Kier alpha value is -1.72. The van der Waals surface area contributed by atoms with Gasteiger partial charge in [-0.15, -0.1) is 0 Å². The van der Waals surface area contributed by atoms with Gasteiger partial charge in [0.15, 0.2) is 0 Å². The highest BCUT2D eigenvalue weighted by Gasteiger charge is 2.13. The molecular formula is C11H14F2N2O2. The van der Waals surface area contributed by atoms with Gasteiger partial charge in [-0.1, -0.05) is 6.92 Å². The summed E-state index contributed by atoms with van der Waals surface area (Å²) in [6.07, 6.45) is -1.93. The van der Waals surface area contributed by atoms with Gasteiger partial charge in [0.1, 0.15) is 5.82 Å². The number of pyridine rings is 1. The summed E-state index contributed by atoms with van der Waals surface area (Å²) in [6.45, 7) is 1.35. The van der Waals surface area contributed by atoms with Gasteiger partial charge in [0.25, 0.3) is 6.43 Å². The standard InChI is InChI=1S/C11H14F2N2O2/c1-3-8-4-7(11(16)17)5-10(14-8)15(2)6-9(12)13/h4-5,9H,3,6H2,1-2H3,(H,16,17). The number of alkyl halides is 2. The van der Waals surface area contributed by atoms with Crippen molar-refractivity contribution in [2.24, 2.45) is 0 Å². The summed E-state index contributed by atoms with van der Waals surface area (Å²) < 4.78 is 24.5. The summed E-state index contributed by atoms with van der Waals surface area (Å²) in [7, 11) is 1.46. The number of hydrogen-bond acceptors (Lipinski definition) is 3. The second-order valence-corrected chi connectivity index (χ2v) is 3.64. The third-order valence-electron chi connectivity index (χ3n) is 2.28. The number of aryl methyl sites for hydroxylation is 1. The molecule has 0 aliphatic heterocycles. The first-order valence-electron chi connectivity index (χ1n) is 5.17. The van der Waals surface area contributed by atoms with Crippen molar-refractivity contribution in [2.45, 2.75) is 19.8 Å². The normalized spacial score (nSPS) is 10.6. The average Bonchev–Trinajstić information content (AvgIpc) is 2.27. The minimum atomic E-state index is -2.49. The van der Waals surface area contributed by atoms with Crippen molar-refractivity contribution in [3.8, 4) is 0 Å². The first-order valence-corrected chi connectivity index (χ1v) is 5.17. The fourth-order valence-electron chi connectivity index (χ4n) is 1.37. The number of carboxylic acid groups (broad SMARTS) is 1. The average molecular weight is 244 g/mol. The first-order chi connectivity index (χ1) is 7.93. The number of carboxylic acids is 1. The molecule has 0 atom stereocenters. The quantitative estimate of drug-likeness (QED) is 0.861. The van der Waals surface area contributed by atoms with Crippen LogP contribution in [0.5, 0.6) is 0 Å². The maximum absolute atomic E-state index is 12.2. The van der Waals surface area contributed by atoms with Crippen molar-refractivity contribution >= 4 is 11.8 Å². The number of rotatable bonds is 5. The molecule has 0 aromatic carbocycles. The van der Waals surface area contributed by atoms with E-state index in [2.05, 4.69) is 4.98 Å². The fraction of sp³-hybridized carbons (Fsp3) is 0.455. The summed E-state index contributed by atoms with van der Waals surface area (Å²) >= 11 is 0. The molecule has 0 bridgehead atoms. The van der Waals surface area contributed by atoms with Crippen LogP contribution in [-0.4, -0.2) is 36.1 Å². The Morgan fingerprint density at radius 1 is 1.53 bits per heavy atom. The molecule has 4 nitrogen and oxygen atoms in total. The molecular weight excluding hydrogens is 230 g/mol. The molecule has 0 fully saturated rings. The summed E-state index contributed by atoms with van der Waals surface area (Å²) in [6, 6.07) is 2.74. The van der Waals surface area contributed by atoms with E-state index in [0.29, 0.717) is 12.1 Å². The molecule has 17 heavy (non-hydrogen) atoms. The number of carbonyl (C=O) groups is 1. The van der Waals surface area contributed by atoms with E-state index < -0.39 is 18.9 Å². The summed E-state index contributed by atoms with van der Waals surface area (Å²) in [5.74, 6) is -0.837. The van der Waals surface area contributed by atoms with E-state index in [1.165, 1.54) is 24.1 Å². The Morgan fingerprint density at radius 2 is 2.18 bits per heavy atom. The molecule has 0 aliphatic rings. The van der Waals surface area contributed by atoms with Crippen LogP contribution in [0.1, 0.15) is 23.0 Å². The van der Waals surface area contributed by atoms with Crippen LogP contribution in [0.4, 0.5) is 14.6 Å². The second kappa shape index (κ2) is 5.56. The summed E-state index contributed by atoms with van der Waals surface area (Å²) in [5, 5.41) is 8.90. The van der Waals surface area contributed by atoms with Gasteiger partial charge in [-0.2, -0.15) is 0 Å². The molecule has 1 rings (SSSR count). The monoisotopic (exact) mass is 244 g/mol. The minimum absolute atomic E-state index is 0.0629. The molecule has 6 heteroatoms. The topological polar surface area (TPSA) is 53.4 Å². The number of aromatic carboxylic acids is 1. The van der Waals surface area contributed by atoms with Crippen molar-refractivity contribution in [3.63, 3.8) is 0 Å². The van der Waals surface area contributed by atoms with Crippen LogP contribution < -0.4 is 4.90 Å². The Bertz CT molecular complexity index is 410. The fourth-order valence-corrected chi connectivity index (χ4v) is 1.37. The van der Waals surface area contributed by atoms with Gasteiger partial charge >= 0.3 is 5.97 Å². The van der Waals surface area contributed by atoms with Crippen LogP contribution in [0, 0.1) is 0 Å². The van der Waals surface area contributed by atoms with Crippen molar-refractivity contribution < 1.29 is 18.7 Å². The van der Waals surface area contributed by atoms with Gasteiger partial charge in [0, 0.05) is 12.7 Å². The highest BCUT2D eigenvalue weighted by Crippen LogP contribution is 2.15. The van der Waals surface area contributed by atoms with Crippen molar-refractivity contribution in [2.75, 3.05) is 18.5 Å². The molecule has 0 saturated heterocycles. The van der Waals surface area contributed by atoms with Gasteiger partial charge < -0.3 is 10.0 Å². The molecule has 0 unspecified atom stereocenters. The Kier molecular flexibility index (Phi) is 4.37. The lowest BCUT2D eigenvalue weighted by Crippen LogP contribution is -2.25. The van der Waals surface area contributed by atoms with Gasteiger partial charge in [0.05, 0.1) is 12.1 Å². The number of aromatic nitrogens is 1. The van der Waals surface area contributed by atoms with Crippen molar-refractivity contribution in [3.05, 3.63) is 23.4 Å². The predicted octanol–water partition coefficient (Wildman–Crippen LogP) is 2.04. The van der Waals surface area contributed by atoms with E-state index in [1.54, 1.807) is 0 Å². The highest BCUT2D eigenvalue weighted by atomic mass is 19.3. The van der Waals surface area contributed by atoms with E-state index in [4.69, 9.17) is 5.11 Å². The molecule has 1 N–H and O–H groups in total. The van der Waals surface area contributed by atoms with E-state index in [9.17, 15) is 13.6 Å².